The lowest BCUT2D eigenvalue weighted by Crippen LogP contribution is -2.34. The van der Waals surface area contributed by atoms with Crippen molar-refractivity contribution in [2.24, 2.45) is 0 Å². The Bertz CT molecular complexity index is 325. The Morgan fingerprint density at radius 2 is 1.76 bits per heavy atom. The molecule has 0 atom stereocenters. The molecule has 0 aromatic heterocycles. The fraction of sp³-hybridized carbons (Fsp3) is 0.538. The molecule has 0 aliphatic rings. The largest absolute Gasteiger partial charge is 0.497 e. The summed E-state index contributed by atoms with van der Waals surface area (Å²) >= 11 is 0. The van der Waals surface area contributed by atoms with Crippen molar-refractivity contribution in [1.29, 1.82) is 0 Å². The van der Waals surface area contributed by atoms with Crippen molar-refractivity contribution < 1.29 is 13.5 Å². The van der Waals surface area contributed by atoms with Crippen molar-refractivity contribution in [1.82, 2.24) is 4.90 Å². The Morgan fingerprint density at radius 3 is 2.18 bits per heavy atom. The quantitative estimate of drug-likeness (QED) is 0.761. The number of rotatable bonds is 6. The first-order valence-electron chi connectivity index (χ1n) is 5.68. The lowest BCUT2D eigenvalue weighted by molar-refractivity contribution is 0.0689. The summed E-state index contributed by atoms with van der Waals surface area (Å²) < 4.78 is 29.9. The van der Waals surface area contributed by atoms with E-state index in [2.05, 4.69) is 0 Å². The molecule has 0 N–H and O–H groups in total. The van der Waals surface area contributed by atoms with Gasteiger partial charge in [0.05, 0.1) is 13.7 Å². The molecule has 0 radical (unpaired) electrons. The molecule has 17 heavy (non-hydrogen) atoms. The molecule has 0 heterocycles. The fourth-order valence-corrected chi connectivity index (χ4v) is 1.60. The maximum Gasteiger partial charge on any atom is 0.251 e. The van der Waals surface area contributed by atoms with Crippen LogP contribution < -0.4 is 4.74 Å². The molecule has 0 fully saturated rings. The highest BCUT2D eigenvalue weighted by Gasteiger charge is 2.15. The van der Waals surface area contributed by atoms with Gasteiger partial charge in [-0.25, -0.2) is 8.78 Å². The van der Waals surface area contributed by atoms with Gasteiger partial charge in [-0.1, -0.05) is 12.1 Å². The van der Waals surface area contributed by atoms with Crippen LogP contribution in [-0.2, 0) is 6.54 Å². The highest BCUT2D eigenvalue weighted by Crippen LogP contribution is 2.15. The average Bonchev–Trinajstić information content (AvgIpc) is 2.28. The maximum atomic E-state index is 12.4. The van der Waals surface area contributed by atoms with Crippen molar-refractivity contribution >= 4 is 0 Å². The second-order valence-electron chi connectivity index (χ2n) is 4.26. The molecule has 0 bridgehead atoms. The van der Waals surface area contributed by atoms with Gasteiger partial charge in [-0.2, -0.15) is 0 Å². The third kappa shape index (κ3) is 4.69. The van der Waals surface area contributed by atoms with Crippen LogP contribution in [0, 0.1) is 0 Å². The van der Waals surface area contributed by atoms with Crippen molar-refractivity contribution in [3.8, 4) is 5.75 Å². The van der Waals surface area contributed by atoms with E-state index in [0.717, 1.165) is 11.3 Å². The third-order valence-electron chi connectivity index (χ3n) is 2.65. The number of benzene rings is 1. The lowest BCUT2D eigenvalue weighted by atomic mass is 10.2. The summed E-state index contributed by atoms with van der Waals surface area (Å²) in [7, 11) is 1.60. The molecule has 0 unspecified atom stereocenters. The molecule has 0 aliphatic carbocycles. The molecule has 1 aromatic carbocycles. The molecule has 1 rings (SSSR count). The van der Waals surface area contributed by atoms with Crippen LogP contribution in [0.5, 0.6) is 5.75 Å². The van der Waals surface area contributed by atoms with Crippen LogP contribution in [0.3, 0.4) is 0 Å². The van der Waals surface area contributed by atoms with Crippen molar-refractivity contribution in [3.63, 3.8) is 0 Å². The van der Waals surface area contributed by atoms with Crippen LogP contribution in [0.15, 0.2) is 24.3 Å². The first-order chi connectivity index (χ1) is 8.02. The standard InChI is InChI=1S/C13H19F2NO/c1-10(2)16(9-13(14)15)8-11-4-6-12(17-3)7-5-11/h4-7,10,13H,8-9H2,1-3H3. The van der Waals surface area contributed by atoms with Gasteiger partial charge in [0.15, 0.2) is 0 Å². The normalized spacial score (nSPS) is 11.5. The summed E-state index contributed by atoms with van der Waals surface area (Å²) in [5.74, 6) is 0.777. The first-order valence-corrected chi connectivity index (χ1v) is 5.68. The number of hydrogen-bond donors (Lipinski definition) is 0. The Balaban J connectivity index is 2.65. The van der Waals surface area contributed by atoms with Gasteiger partial charge in [0.2, 0.25) is 0 Å². The van der Waals surface area contributed by atoms with Gasteiger partial charge >= 0.3 is 0 Å². The third-order valence-corrected chi connectivity index (χ3v) is 2.65. The van der Waals surface area contributed by atoms with E-state index in [-0.39, 0.29) is 12.6 Å². The van der Waals surface area contributed by atoms with Gasteiger partial charge < -0.3 is 4.74 Å². The van der Waals surface area contributed by atoms with E-state index in [9.17, 15) is 8.78 Å². The van der Waals surface area contributed by atoms with E-state index in [1.165, 1.54) is 0 Å². The highest BCUT2D eigenvalue weighted by atomic mass is 19.3. The number of hydrogen-bond acceptors (Lipinski definition) is 2. The van der Waals surface area contributed by atoms with Crippen molar-refractivity contribution in [2.75, 3.05) is 13.7 Å². The molecule has 0 saturated carbocycles. The molecule has 0 spiro atoms. The van der Waals surface area contributed by atoms with E-state index in [1.54, 1.807) is 12.0 Å². The van der Waals surface area contributed by atoms with Crippen LogP contribution in [0.4, 0.5) is 8.78 Å². The molecular formula is C13H19F2NO. The SMILES string of the molecule is COc1ccc(CN(CC(F)F)C(C)C)cc1. The Morgan fingerprint density at radius 1 is 1.18 bits per heavy atom. The topological polar surface area (TPSA) is 12.5 Å². The van der Waals surface area contributed by atoms with E-state index in [4.69, 9.17) is 4.74 Å². The Hall–Kier alpha value is -1.16. The van der Waals surface area contributed by atoms with Gasteiger partial charge in [0.1, 0.15) is 5.75 Å². The van der Waals surface area contributed by atoms with Gasteiger partial charge in [-0.3, -0.25) is 4.90 Å². The molecule has 0 saturated heterocycles. The molecule has 96 valence electrons. The van der Waals surface area contributed by atoms with Gasteiger partial charge in [-0.15, -0.1) is 0 Å². The molecule has 4 heteroatoms. The fourth-order valence-electron chi connectivity index (χ4n) is 1.60. The highest BCUT2D eigenvalue weighted by molar-refractivity contribution is 5.27. The van der Waals surface area contributed by atoms with Gasteiger partial charge in [-0.05, 0) is 31.5 Å². The second-order valence-corrected chi connectivity index (χ2v) is 4.26. The average molecular weight is 243 g/mol. The van der Waals surface area contributed by atoms with Crippen LogP contribution in [0.2, 0.25) is 0 Å². The van der Waals surface area contributed by atoms with Crippen LogP contribution in [0.1, 0.15) is 19.4 Å². The zero-order valence-corrected chi connectivity index (χ0v) is 10.5. The lowest BCUT2D eigenvalue weighted by Gasteiger charge is -2.26. The predicted molar refractivity (Wildman–Crippen MR) is 64.5 cm³/mol. The minimum atomic E-state index is -2.30. The van der Waals surface area contributed by atoms with Crippen LogP contribution in [0.25, 0.3) is 0 Å². The molecule has 2 nitrogen and oxygen atoms in total. The Kier molecular flexibility index (Phi) is 5.35. The van der Waals surface area contributed by atoms with Crippen LogP contribution in [-0.4, -0.2) is 31.0 Å². The van der Waals surface area contributed by atoms with E-state index in [1.807, 2.05) is 38.1 Å². The number of halogens is 2. The summed E-state index contributed by atoms with van der Waals surface area (Å²) in [6.45, 7) is 4.19. The van der Waals surface area contributed by atoms with E-state index >= 15 is 0 Å². The molecule has 1 aromatic rings. The number of methoxy groups -OCH3 is 1. The van der Waals surface area contributed by atoms with Crippen molar-refractivity contribution in [2.45, 2.75) is 32.9 Å². The summed E-state index contributed by atoms with van der Waals surface area (Å²) in [6.07, 6.45) is -2.30. The molecular weight excluding hydrogens is 224 g/mol. The van der Waals surface area contributed by atoms with Gasteiger partial charge in [0.25, 0.3) is 6.43 Å². The minimum absolute atomic E-state index is 0.103. The zero-order valence-electron chi connectivity index (χ0n) is 10.5. The maximum absolute atomic E-state index is 12.4. The predicted octanol–water partition coefficient (Wildman–Crippen LogP) is 3.17. The monoisotopic (exact) mass is 243 g/mol. The first kappa shape index (κ1) is 13.9. The zero-order chi connectivity index (χ0) is 12.8. The smallest absolute Gasteiger partial charge is 0.251 e. The summed E-state index contributed by atoms with van der Waals surface area (Å²) in [6, 6.07) is 7.59. The number of alkyl halides is 2. The summed E-state index contributed by atoms with van der Waals surface area (Å²) in [4.78, 5) is 1.76. The second kappa shape index (κ2) is 6.55. The number of nitrogens with zero attached hydrogens (tertiary/aromatic N) is 1. The molecule has 0 aliphatic heterocycles. The van der Waals surface area contributed by atoms with Crippen molar-refractivity contribution in [3.05, 3.63) is 29.8 Å². The van der Waals surface area contributed by atoms with E-state index in [0.29, 0.717) is 6.54 Å². The van der Waals surface area contributed by atoms with Gasteiger partial charge in [0, 0.05) is 12.6 Å². The minimum Gasteiger partial charge on any atom is -0.497 e. The Labute approximate surface area is 101 Å². The van der Waals surface area contributed by atoms with Crippen LogP contribution >= 0.6 is 0 Å². The van der Waals surface area contributed by atoms with E-state index < -0.39 is 6.43 Å². The summed E-state index contributed by atoms with van der Waals surface area (Å²) in [5, 5.41) is 0. The summed E-state index contributed by atoms with van der Waals surface area (Å²) in [5.41, 5.74) is 1.01. The molecule has 0 amide bonds. The number of ether oxygens (including phenoxy) is 1.